The summed E-state index contributed by atoms with van der Waals surface area (Å²) in [6, 6.07) is 18.1. The van der Waals surface area contributed by atoms with Crippen molar-refractivity contribution in [3.05, 3.63) is 65.7 Å². The monoisotopic (exact) mass is 355 g/mol. The Kier molecular flexibility index (Phi) is 7.96. The van der Waals surface area contributed by atoms with E-state index in [-0.39, 0.29) is 12.1 Å². The molecule has 2 aromatic carbocycles. The van der Waals surface area contributed by atoms with Crippen LogP contribution in [0.1, 0.15) is 11.1 Å². The van der Waals surface area contributed by atoms with Gasteiger partial charge in [-0.05, 0) is 50.2 Å². The second-order valence-corrected chi connectivity index (χ2v) is 6.65. The van der Waals surface area contributed by atoms with Gasteiger partial charge in [0.15, 0.2) is 0 Å². The van der Waals surface area contributed by atoms with Crippen molar-refractivity contribution in [2.75, 3.05) is 34.3 Å². The quantitative estimate of drug-likeness (QED) is 0.727. The van der Waals surface area contributed by atoms with E-state index >= 15 is 0 Å². The van der Waals surface area contributed by atoms with E-state index in [9.17, 15) is 4.79 Å². The third kappa shape index (κ3) is 7.15. The SMILES string of the molecule is COc1ccc(CCNC(=O)N[C@H](Cc2ccccc2)CN(C)C)cc1. The summed E-state index contributed by atoms with van der Waals surface area (Å²) < 4.78 is 5.15. The summed E-state index contributed by atoms with van der Waals surface area (Å²) in [5.41, 5.74) is 2.39. The zero-order chi connectivity index (χ0) is 18.8. The van der Waals surface area contributed by atoms with Gasteiger partial charge in [0, 0.05) is 19.1 Å². The third-order valence-corrected chi connectivity index (χ3v) is 4.10. The van der Waals surface area contributed by atoms with Crippen LogP contribution >= 0.6 is 0 Å². The molecule has 0 saturated heterocycles. The Hall–Kier alpha value is -2.53. The molecule has 0 radical (unpaired) electrons. The summed E-state index contributed by atoms with van der Waals surface area (Å²) in [6.07, 6.45) is 1.60. The second-order valence-electron chi connectivity index (χ2n) is 6.65. The van der Waals surface area contributed by atoms with E-state index in [0.717, 1.165) is 25.1 Å². The molecule has 0 aliphatic carbocycles. The molecular weight excluding hydrogens is 326 g/mol. The van der Waals surface area contributed by atoms with Crippen molar-refractivity contribution in [2.45, 2.75) is 18.9 Å². The molecule has 5 heteroatoms. The van der Waals surface area contributed by atoms with Gasteiger partial charge in [-0.25, -0.2) is 4.79 Å². The number of likely N-dealkylation sites (N-methyl/N-ethyl adjacent to an activating group) is 1. The normalized spacial score (nSPS) is 11.8. The number of nitrogens with zero attached hydrogens (tertiary/aromatic N) is 1. The highest BCUT2D eigenvalue weighted by molar-refractivity contribution is 5.74. The van der Waals surface area contributed by atoms with Gasteiger partial charge in [0.1, 0.15) is 5.75 Å². The first kappa shape index (κ1) is 19.8. The number of hydrogen-bond acceptors (Lipinski definition) is 3. The Morgan fingerprint density at radius 3 is 2.35 bits per heavy atom. The van der Waals surface area contributed by atoms with E-state index < -0.39 is 0 Å². The Labute approximate surface area is 156 Å². The largest absolute Gasteiger partial charge is 0.497 e. The number of carbonyl (C=O) groups excluding carboxylic acids is 1. The molecule has 0 aromatic heterocycles. The van der Waals surface area contributed by atoms with E-state index in [4.69, 9.17) is 4.74 Å². The van der Waals surface area contributed by atoms with Gasteiger partial charge in [-0.3, -0.25) is 0 Å². The standard InChI is InChI=1S/C21H29N3O2/c1-24(2)16-19(15-18-7-5-4-6-8-18)23-21(25)22-14-13-17-9-11-20(26-3)12-10-17/h4-12,19H,13-16H2,1-3H3,(H2,22,23,25)/t19-/m1/s1. The van der Waals surface area contributed by atoms with E-state index in [1.807, 2.05) is 56.6 Å². The molecular formula is C21H29N3O2. The molecule has 0 spiro atoms. The van der Waals surface area contributed by atoms with Crippen LogP contribution in [0.4, 0.5) is 4.79 Å². The summed E-state index contributed by atoms with van der Waals surface area (Å²) in [4.78, 5) is 14.3. The molecule has 2 rings (SSSR count). The zero-order valence-corrected chi connectivity index (χ0v) is 15.9. The van der Waals surface area contributed by atoms with Crippen LogP contribution in [0.25, 0.3) is 0 Å². The molecule has 5 nitrogen and oxygen atoms in total. The molecule has 2 N–H and O–H groups in total. The maximum absolute atomic E-state index is 12.3. The lowest BCUT2D eigenvalue weighted by Gasteiger charge is -2.22. The Morgan fingerprint density at radius 1 is 1.04 bits per heavy atom. The average Bonchev–Trinajstić information content (AvgIpc) is 2.62. The zero-order valence-electron chi connectivity index (χ0n) is 15.9. The van der Waals surface area contributed by atoms with Crippen LogP contribution in [0.5, 0.6) is 5.75 Å². The van der Waals surface area contributed by atoms with Crippen LogP contribution in [-0.4, -0.2) is 51.3 Å². The van der Waals surface area contributed by atoms with Gasteiger partial charge in [-0.15, -0.1) is 0 Å². The number of benzene rings is 2. The minimum Gasteiger partial charge on any atom is -0.497 e. The summed E-state index contributed by atoms with van der Waals surface area (Å²) in [7, 11) is 5.68. The first-order chi connectivity index (χ1) is 12.6. The number of ether oxygens (including phenoxy) is 1. The van der Waals surface area contributed by atoms with Gasteiger partial charge in [-0.2, -0.15) is 0 Å². The van der Waals surface area contributed by atoms with Crippen LogP contribution in [0, 0.1) is 0 Å². The maximum Gasteiger partial charge on any atom is 0.315 e. The van der Waals surface area contributed by atoms with Crippen molar-refractivity contribution in [1.82, 2.24) is 15.5 Å². The number of carbonyl (C=O) groups is 1. The molecule has 0 saturated carbocycles. The van der Waals surface area contributed by atoms with Gasteiger partial charge in [-0.1, -0.05) is 42.5 Å². The fraction of sp³-hybridized carbons (Fsp3) is 0.381. The van der Waals surface area contributed by atoms with Crippen molar-refractivity contribution >= 4 is 6.03 Å². The maximum atomic E-state index is 12.3. The van der Waals surface area contributed by atoms with Crippen molar-refractivity contribution < 1.29 is 9.53 Å². The van der Waals surface area contributed by atoms with Gasteiger partial charge in [0.2, 0.25) is 0 Å². The fourth-order valence-corrected chi connectivity index (χ4v) is 2.85. The molecule has 140 valence electrons. The van der Waals surface area contributed by atoms with Crippen LogP contribution < -0.4 is 15.4 Å². The Morgan fingerprint density at radius 2 is 1.73 bits per heavy atom. The fourth-order valence-electron chi connectivity index (χ4n) is 2.85. The third-order valence-electron chi connectivity index (χ3n) is 4.10. The molecule has 0 fully saturated rings. The number of methoxy groups -OCH3 is 1. The van der Waals surface area contributed by atoms with Crippen LogP contribution in [0.2, 0.25) is 0 Å². The topological polar surface area (TPSA) is 53.6 Å². The lowest BCUT2D eigenvalue weighted by atomic mass is 10.1. The van der Waals surface area contributed by atoms with E-state index in [2.05, 4.69) is 27.7 Å². The summed E-state index contributed by atoms with van der Waals surface area (Å²) >= 11 is 0. The van der Waals surface area contributed by atoms with Crippen molar-refractivity contribution in [2.24, 2.45) is 0 Å². The van der Waals surface area contributed by atoms with Crippen LogP contribution in [-0.2, 0) is 12.8 Å². The average molecular weight is 355 g/mol. The molecule has 2 amide bonds. The molecule has 0 bridgehead atoms. The summed E-state index contributed by atoms with van der Waals surface area (Å²) in [5.74, 6) is 0.840. The summed E-state index contributed by atoms with van der Waals surface area (Å²) in [5, 5.41) is 6.04. The lowest BCUT2D eigenvalue weighted by molar-refractivity contribution is 0.232. The first-order valence-electron chi connectivity index (χ1n) is 8.93. The van der Waals surface area contributed by atoms with E-state index in [1.165, 1.54) is 11.1 Å². The Bertz CT molecular complexity index is 657. The number of amides is 2. The van der Waals surface area contributed by atoms with Crippen LogP contribution in [0.3, 0.4) is 0 Å². The van der Waals surface area contributed by atoms with Gasteiger partial charge in [0.05, 0.1) is 7.11 Å². The Balaban J connectivity index is 1.80. The molecule has 0 heterocycles. The minimum atomic E-state index is -0.124. The minimum absolute atomic E-state index is 0.0633. The van der Waals surface area contributed by atoms with Gasteiger partial charge < -0.3 is 20.3 Å². The highest BCUT2D eigenvalue weighted by Crippen LogP contribution is 2.11. The molecule has 1 atom stereocenters. The predicted molar refractivity (Wildman–Crippen MR) is 106 cm³/mol. The number of hydrogen-bond donors (Lipinski definition) is 2. The molecule has 26 heavy (non-hydrogen) atoms. The van der Waals surface area contributed by atoms with Gasteiger partial charge in [0.25, 0.3) is 0 Å². The number of rotatable bonds is 9. The lowest BCUT2D eigenvalue weighted by Crippen LogP contribution is -2.47. The molecule has 2 aromatic rings. The second kappa shape index (κ2) is 10.5. The number of nitrogens with one attached hydrogen (secondary N) is 2. The summed E-state index contributed by atoms with van der Waals surface area (Å²) in [6.45, 7) is 1.39. The smallest absolute Gasteiger partial charge is 0.315 e. The molecule has 0 aliphatic rings. The first-order valence-corrected chi connectivity index (χ1v) is 8.93. The van der Waals surface area contributed by atoms with Crippen molar-refractivity contribution in [3.63, 3.8) is 0 Å². The van der Waals surface area contributed by atoms with Crippen LogP contribution in [0.15, 0.2) is 54.6 Å². The molecule has 0 unspecified atom stereocenters. The number of urea groups is 1. The highest BCUT2D eigenvalue weighted by atomic mass is 16.5. The van der Waals surface area contributed by atoms with Crippen molar-refractivity contribution in [3.8, 4) is 5.75 Å². The van der Waals surface area contributed by atoms with Crippen molar-refractivity contribution in [1.29, 1.82) is 0 Å². The van der Waals surface area contributed by atoms with Gasteiger partial charge >= 0.3 is 6.03 Å². The van der Waals surface area contributed by atoms with E-state index in [0.29, 0.717) is 6.54 Å². The van der Waals surface area contributed by atoms with E-state index in [1.54, 1.807) is 7.11 Å². The molecule has 0 aliphatic heterocycles. The highest BCUT2D eigenvalue weighted by Gasteiger charge is 2.13. The predicted octanol–water partition coefficient (Wildman–Crippen LogP) is 2.71.